The molecule has 2 aromatic heterocycles. The van der Waals surface area contributed by atoms with Crippen molar-refractivity contribution in [2.45, 2.75) is 78.3 Å². The summed E-state index contributed by atoms with van der Waals surface area (Å²) in [6.45, 7) is 8.43. The van der Waals surface area contributed by atoms with E-state index >= 15 is 0 Å². The zero-order valence-electron chi connectivity index (χ0n) is 18.2. The van der Waals surface area contributed by atoms with Crippen LogP contribution >= 0.6 is 22.7 Å². The zero-order valence-corrected chi connectivity index (χ0v) is 19.8. The Kier molecular flexibility index (Phi) is 11.2. The van der Waals surface area contributed by atoms with Crippen LogP contribution in [0.15, 0.2) is 11.0 Å². The number of unbranched alkanes of at least 4 members (excludes halogenated alkanes) is 5. The molecule has 2 heterocycles. The average molecular weight is 427 g/mol. The second-order valence-corrected chi connectivity index (χ2v) is 9.34. The van der Waals surface area contributed by atoms with E-state index in [0.29, 0.717) is 0 Å². The standard InChI is InChI=1S/C22H38N2O2S2/c1-19-21(11-15-25-3)27-17-23(19)13-9-7-5-6-8-10-14-24-18-28-22(20(24)2)12-16-26-4/h17-18H,5-16H2,1-4H3/q+2. The van der Waals surface area contributed by atoms with Crippen molar-refractivity contribution >= 4 is 22.7 Å². The predicted octanol–water partition coefficient (Wildman–Crippen LogP) is 4.42. The molecule has 0 saturated heterocycles. The van der Waals surface area contributed by atoms with E-state index in [9.17, 15) is 0 Å². The van der Waals surface area contributed by atoms with Gasteiger partial charge in [0.2, 0.25) is 11.0 Å². The fourth-order valence-corrected chi connectivity index (χ4v) is 5.50. The van der Waals surface area contributed by atoms with Crippen molar-refractivity contribution in [3.05, 3.63) is 32.2 Å². The van der Waals surface area contributed by atoms with E-state index in [-0.39, 0.29) is 0 Å². The van der Waals surface area contributed by atoms with Gasteiger partial charge >= 0.3 is 0 Å². The minimum Gasteiger partial charge on any atom is -0.384 e. The summed E-state index contributed by atoms with van der Waals surface area (Å²) in [5.41, 5.74) is 7.41. The van der Waals surface area contributed by atoms with Crippen LogP contribution in [0.2, 0.25) is 0 Å². The molecule has 0 unspecified atom stereocenters. The van der Waals surface area contributed by atoms with Gasteiger partial charge in [-0.3, -0.25) is 0 Å². The average Bonchev–Trinajstić information content (AvgIpc) is 3.23. The number of ether oxygens (including phenoxy) is 2. The molecule has 0 radical (unpaired) electrons. The van der Waals surface area contributed by atoms with Gasteiger partial charge in [-0.2, -0.15) is 9.13 Å². The topological polar surface area (TPSA) is 26.2 Å². The van der Waals surface area contributed by atoms with Crippen LogP contribution in [0.3, 0.4) is 0 Å². The maximum absolute atomic E-state index is 5.20. The van der Waals surface area contributed by atoms with Crippen molar-refractivity contribution in [2.24, 2.45) is 0 Å². The van der Waals surface area contributed by atoms with Crippen molar-refractivity contribution in [1.29, 1.82) is 0 Å². The second-order valence-electron chi connectivity index (χ2n) is 7.46. The molecule has 2 rings (SSSR count). The summed E-state index contributed by atoms with van der Waals surface area (Å²) in [5, 5.41) is 0. The first-order valence-electron chi connectivity index (χ1n) is 10.6. The summed E-state index contributed by atoms with van der Waals surface area (Å²) >= 11 is 3.74. The maximum atomic E-state index is 5.20. The van der Waals surface area contributed by atoms with E-state index in [2.05, 4.69) is 34.0 Å². The van der Waals surface area contributed by atoms with E-state index in [1.165, 1.54) is 59.7 Å². The molecule has 0 amide bonds. The monoisotopic (exact) mass is 426 g/mol. The first kappa shape index (κ1) is 23.5. The molecule has 28 heavy (non-hydrogen) atoms. The van der Waals surface area contributed by atoms with Gasteiger partial charge in [0.15, 0.2) is 11.4 Å². The molecule has 0 fully saturated rings. The molecule has 0 aliphatic carbocycles. The van der Waals surface area contributed by atoms with Crippen LogP contribution in [0.1, 0.15) is 59.7 Å². The van der Waals surface area contributed by atoms with Crippen LogP contribution in [0, 0.1) is 13.8 Å². The van der Waals surface area contributed by atoms with E-state index < -0.39 is 0 Å². The number of hydrogen-bond acceptors (Lipinski definition) is 4. The SMILES string of the molecule is COCCc1sc[n+](CCCCCCCC[n+]2csc(CCOC)c2C)c1C. The first-order chi connectivity index (χ1) is 13.7. The van der Waals surface area contributed by atoms with Gasteiger partial charge in [-0.15, -0.1) is 0 Å². The van der Waals surface area contributed by atoms with E-state index in [1.807, 2.05) is 22.7 Å². The Labute approximate surface area is 179 Å². The zero-order chi connectivity index (χ0) is 20.2. The fraction of sp³-hybridized carbons (Fsp3) is 0.727. The van der Waals surface area contributed by atoms with E-state index in [0.717, 1.165) is 39.1 Å². The lowest BCUT2D eigenvalue weighted by Crippen LogP contribution is -2.34. The van der Waals surface area contributed by atoms with Gasteiger partial charge < -0.3 is 9.47 Å². The quantitative estimate of drug-likeness (QED) is 0.311. The maximum Gasteiger partial charge on any atom is 0.225 e. The normalized spacial score (nSPS) is 11.4. The number of methoxy groups -OCH3 is 2. The Balaban J connectivity index is 1.54. The fourth-order valence-electron chi connectivity index (χ4n) is 3.48. The molecular weight excluding hydrogens is 388 g/mol. The van der Waals surface area contributed by atoms with Gasteiger partial charge in [0.1, 0.15) is 13.1 Å². The van der Waals surface area contributed by atoms with Gasteiger partial charge in [-0.25, -0.2) is 0 Å². The van der Waals surface area contributed by atoms with Gasteiger partial charge in [0.05, 0.1) is 23.0 Å². The van der Waals surface area contributed by atoms with Gasteiger partial charge in [-0.05, 0) is 12.8 Å². The first-order valence-corrected chi connectivity index (χ1v) is 12.3. The number of rotatable bonds is 15. The lowest BCUT2D eigenvalue weighted by molar-refractivity contribution is -0.699. The van der Waals surface area contributed by atoms with Crippen molar-refractivity contribution in [3.8, 4) is 0 Å². The Morgan fingerprint density at radius 3 is 1.46 bits per heavy atom. The lowest BCUT2D eigenvalue weighted by Gasteiger charge is -2.01. The molecule has 0 N–H and O–H groups in total. The third kappa shape index (κ3) is 7.54. The molecule has 6 heteroatoms. The highest BCUT2D eigenvalue weighted by atomic mass is 32.1. The van der Waals surface area contributed by atoms with Crippen molar-refractivity contribution in [1.82, 2.24) is 0 Å². The van der Waals surface area contributed by atoms with Crippen LogP contribution < -0.4 is 9.13 Å². The van der Waals surface area contributed by atoms with Crippen molar-refractivity contribution in [2.75, 3.05) is 27.4 Å². The number of aromatic nitrogens is 2. The minimum absolute atomic E-state index is 0.818. The second kappa shape index (κ2) is 13.4. The lowest BCUT2D eigenvalue weighted by atomic mass is 10.1. The molecule has 0 bridgehead atoms. The molecule has 2 aromatic rings. The smallest absolute Gasteiger partial charge is 0.225 e. The summed E-state index contributed by atoms with van der Waals surface area (Å²) in [4.78, 5) is 2.93. The van der Waals surface area contributed by atoms with Crippen LogP contribution in [-0.2, 0) is 35.4 Å². The minimum atomic E-state index is 0.818. The Morgan fingerprint density at radius 2 is 1.07 bits per heavy atom. The third-order valence-electron chi connectivity index (χ3n) is 5.43. The number of aryl methyl sites for hydroxylation is 2. The summed E-state index contributed by atoms with van der Waals surface area (Å²) in [6.07, 6.45) is 10.0. The number of thiazole rings is 2. The Morgan fingerprint density at radius 1 is 0.679 bits per heavy atom. The predicted molar refractivity (Wildman–Crippen MR) is 117 cm³/mol. The van der Waals surface area contributed by atoms with E-state index in [4.69, 9.17) is 9.47 Å². The highest BCUT2D eigenvalue weighted by molar-refractivity contribution is 7.09. The summed E-state index contributed by atoms with van der Waals surface area (Å²) in [6, 6.07) is 0. The molecular formula is C22H38N2O2S2+2. The Bertz CT molecular complexity index is 624. The Hall–Kier alpha value is -0.820. The number of hydrogen-bond donors (Lipinski definition) is 0. The molecule has 0 aliphatic rings. The highest BCUT2D eigenvalue weighted by Gasteiger charge is 2.15. The van der Waals surface area contributed by atoms with Crippen LogP contribution in [-0.4, -0.2) is 27.4 Å². The molecule has 0 spiro atoms. The molecule has 0 aliphatic heterocycles. The van der Waals surface area contributed by atoms with Crippen LogP contribution in [0.5, 0.6) is 0 Å². The van der Waals surface area contributed by atoms with Crippen molar-refractivity contribution in [3.63, 3.8) is 0 Å². The molecule has 4 nitrogen and oxygen atoms in total. The van der Waals surface area contributed by atoms with Gasteiger partial charge in [0, 0.05) is 53.8 Å². The van der Waals surface area contributed by atoms with Crippen LogP contribution in [0.4, 0.5) is 0 Å². The highest BCUT2D eigenvalue weighted by Crippen LogP contribution is 2.14. The molecule has 158 valence electrons. The summed E-state index contributed by atoms with van der Waals surface area (Å²) in [5.74, 6) is 0. The summed E-state index contributed by atoms with van der Waals surface area (Å²) in [7, 11) is 3.55. The van der Waals surface area contributed by atoms with Crippen LogP contribution in [0.25, 0.3) is 0 Å². The summed E-state index contributed by atoms with van der Waals surface area (Å²) < 4.78 is 15.2. The number of nitrogens with zero attached hydrogens (tertiary/aromatic N) is 2. The largest absolute Gasteiger partial charge is 0.384 e. The van der Waals surface area contributed by atoms with E-state index in [1.54, 1.807) is 14.2 Å². The van der Waals surface area contributed by atoms with Gasteiger partial charge in [0.25, 0.3) is 0 Å². The molecule has 0 aromatic carbocycles. The molecule has 0 saturated carbocycles. The van der Waals surface area contributed by atoms with Gasteiger partial charge in [-0.1, -0.05) is 35.5 Å². The van der Waals surface area contributed by atoms with Crippen molar-refractivity contribution < 1.29 is 18.6 Å². The third-order valence-corrected chi connectivity index (χ3v) is 7.72. The molecule has 0 atom stereocenters.